The van der Waals surface area contributed by atoms with Gasteiger partial charge in [-0.2, -0.15) is 0 Å². The predicted molar refractivity (Wildman–Crippen MR) is 66.5 cm³/mol. The van der Waals surface area contributed by atoms with Crippen molar-refractivity contribution in [1.82, 2.24) is 0 Å². The van der Waals surface area contributed by atoms with Crippen molar-refractivity contribution < 1.29 is 0 Å². The number of nitrogens with zero attached hydrogens (tertiary/aromatic N) is 1. The minimum absolute atomic E-state index is 0.775. The van der Waals surface area contributed by atoms with Crippen LogP contribution in [-0.4, -0.2) is 12.6 Å². The lowest BCUT2D eigenvalue weighted by Crippen LogP contribution is -2.28. The predicted octanol–water partition coefficient (Wildman–Crippen LogP) is 3.63. The molecule has 1 atom stereocenters. The van der Waals surface area contributed by atoms with Crippen LogP contribution in [0.4, 0.5) is 5.69 Å². The van der Waals surface area contributed by atoms with Crippen LogP contribution in [0.5, 0.6) is 0 Å². The number of aryl methyl sites for hydroxylation is 1. The van der Waals surface area contributed by atoms with Crippen molar-refractivity contribution in [3.05, 3.63) is 29.8 Å². The highest BCUT2D eigenvalue weighted by molar-refractivity contribution is 5.49. The Kier molecular flexibility index (Phi) is 3.30. The van der Waals surface area contributed by atoms with Gasteiger partial charge in [0.25, 0.3) is 0 Å². The monoisotopic (exact) mass is 203 g/mol. The van der Waals surface area contributed by atoms with Crippen molar-refractivity contribution >= 4 is 5.69 Å². The second-order valence-corrected chi connectivity index (χ2v) is 4.42. The zero-order valence-electron chi connectivity index (χ0n) is 9.87. The van der Waals surface area contributed by atoms with Crippen molar-refractivity contribution in [2.75, 3.05) is 11.4 Å². The van der Waals surface area contributed by atoms with Crippen LogP contribution in [0.2, 0.25) is 0 Å². The van der Waals surface area contributed by atoms with Gasteiger partial charge in [0.2, 0.25) is 0 Å². The number of hydrogen-bond acceptors (Lipinski definition) is 1. The van der Waals surface area contributed by atoms with Gasteiger partial charge in [0.1, 0.15) is 0 Å². The van der Waals surface area contributed by atoms with E-state index in [-0.39, 0.29) is 0 Å². The average molecular weight is 203 g/mol. The Bertz CT molecular complexity index is 302. The van der Waals surface area contributed by atoms with Gasteiger partial charge in [0, 0.05) is 18.3 Å². The standard InChI is InChI=1S/C14H21N/c1-3-12-7-9-14(10-8-12)15-11-5-6-13(15)4-2/h7-10,13H,3-6,11H2,1-2H3. The first-order valence-corrected chi connectivity index (χ1v) is 6.20. The molecule has 1 aromatic carbocycles. The lowest BCUT2D eigenvalue weighted by Gasteiger charge is -2.26. The molecule has 0 radical (unpaired) electrons. The van der Waals surface area contributed by atoms with Crippen molar-refractivity contribution in [1.29, 1.82) is 0 Å². The molecule has 1 fully saturated rings. The van der Waals surface area contributed by atoms with Crippen LogP contribution in [0.3, 0.4) is 0 Å². The van der Waals surface area contributed by atoms with Crippen LogP contribution in [0.25, 0.3) is 0 Å². The highest BCUT2D eigenvalue weighted by atomic mass is 15.2. The molecule has 1 aliphatic rings. The van der Waals surface area contributed by atoms with Gasteiger partial charge in [0.05, 0.1) is 0 Å². The molecule has 0 N–H and O–H groups in total. The fourth-order valence-electron chi connectivity index (χ4n) is 2.52. The van der Waals surface area contributed by atoms with E-state index >= 15 is 0 Å². The number of benzene rings is 1. The first-order valence-electron chi connectivity index (χ1n) is 6.20. The number of anilines is 1. The first-order chi connectivity index (χ1) is 7.35. The summed E-state index contributed by atoms with van der Waals surface area (Å²) in [6.07, 6.45) is 5.13. The Balaban J connectivity index is 2.14. The highest BCUT2D eigenvalue weighted by Crippen LogP contribution is 2.27. The van der Waals surface area contributed by atoms with Crippen LogP contribution < -0.4 is 4.90 Å². The Labute approximate surface area is 93.1 Å². The third-order valence-corrected chi connectivity index (χ3v) is 3.52. The van der Waals surface area contributed by atoms with E-state index in [1.54, 1.807) is 0 Å². The second kappa shape index (κ2) is 4.69. The quantitative estimate of drug-likeness (QED) is 0.725. The molecule has 1 heteroatoms. The summed E-state index contributed by atoms with van der Waals surface area (Å²) in [5.41, 5.74) is 2.85. The molecule has 1 aliphatic heterocycles. The summed E-state index contributed by atoms with van der Waals surface area (Å²) < 4.78 is 0. The number of hydrogen-bond donors (Lipinski definition) is 0. The molecule has 1 unspecified atom stereocenters. The third kappa shape index (κ3) is 2.17. The molecule has 0 spiro atoms. The molecular weight excluding hydrogens is 182 g/mol. The van der Waals surface area contributed by atoms with Gasteiger partial charge in [-0.25, -0.2) is 0 Å². The highest BCUT2D eigenvalue weighted by Gasteiger charge is 2.22. The molecule has 15 heavy (non-hydrogen) atoms. The van der Waals surface area contributed by atoms with E-state index in [9.17, 15) is 0 Å². The smallest absolute Gasteiger partial charge is 0.0368 e. The minimum Gasteiger partial charge on any atom is -0.369 e. The van der Waals surface area contributed by atoms with Gasteiger partial charge < -0.3 is 4.90 Å². The van der Waals surface area contributed by atoms with Crippen molar-refractivity contribution in [3.8, 4) is 0 Å². The van der Waals surface area contributed by atoms with E-state index in [1.807, 2.05) is 0 Å². The van der Waals surface area contributed by atoms with Gasteiger partial charge in [-0.3, -0.25) is 0 Å². The summed E-state index contributed by atoms with van der Waals surface area (Å²) in [4.78, 5) is 2.57. The lowest BCUT2D eigenvalue weighted by molar-refractivity contribution is 0.645. The summed E-state index contributed by atoms with van der Waals surface area (Å²) in [7, 11) is 0. The Hall–Kier alpha value is -0.980. The van der Waals surface area contributed by atoms with E-state index < -0.39 is 0 Å². The summed E-state index contributed by atoms with van der Waals surface area (Å²) in [5, 5.41) is 0. The van der Waals surface area contributed by atoms with E-state index in [0.29, 0.717) is 0 Å². The normalized spacial score (nSPS) is 20.9. The van der Waals surface area contributed by atoms with Crippen molar-refractivity contribution in [2.45, 2.75) is 45.6 Å². The summed E-state index contributed by atoms with van der Waals surface area (Å²) in [6, 6.07) is 9.87. The molecule has 1 nitrogen and oxygen atoms in total. The van der Waals surface area contributed by atoms with E-state index in [0.717, 1.165) is 12.5 Å². The van der Waals surface area contributed by atoms with Crippen molar-refractivity contribution in [2.24, 2.45) is 0 Å². The molecular formula is C14H21N. The molecule has 82 valence electrons. The summed E-state index contributed by atoms with van der Waals surface area (Å²) in [6.45, 7) is 5.74. The zero-order valence-corrected chi connectivity index (χ0v) is 9.87. The summed E-state index contributed by atoms with van der Waals surface area (Å²) in [5.74, 6) is 0. The summed E-state index contributed by atoms with van der Waals surface area (Å²) >= 11 is 0. The fraction of sp³-hybridized carbons (Fsp3) is 0.571. The molecule has 2 rings (SSSR count). The van der Waals surface area contributed by atoms with Gasteiger partial charge in [-0.1, -0.05) is 26.0 Å². The SMILES string of the molecule is CCc1ccc(N2CCCC2CC)cc1. The van der Waals surface area contributed by atoms with Crippen LogP contribution in [-0.2, 0) is 6.42 Å². The van der Waals surface area contributed by atoms with E-state index in [1.165, 1.54) is 37.1 Å². The van der Waals surface area contributed by atoms with Gasteiger partial charge in [-0.05, 0) is 43.4 Å². The molecule has 0 amide bonds. The first kappa shape index (κ1) is 10.5. The Morgan fingerprint density at radius 2 is 1.93 bits per heavy atom. The van der Waals surface area contributed by atoms with Crippen molar-refractivity contribution in [3.63, 3.8) is 0 Å². The maximum atomic E-state index is 2.57. The Morgan fingerprint density at radius 3 is 2.53 bits per heavy atom. The van der Waals surface area contributed by atoms with Crippen LogP contribution in [0.1, 0.15) is 38.7 Å². The van der Waals surface area contributed by atoms with E-state index in [2.05, 4.69) is 43.0 Å². The third-order valence-electron chi connectivity index (χ3n) is 3.52. The second-order valence-electron chi connectivity index (χ2n) is 4.42. The fourth-order valence-corrected chi connectivity index (χ4v) is 2.52. The topological polar surface area (TPSA) is 3.24 Å². The van der Waals surface area contributed by atoms with Gasteiger partial charge >= 0.3 is 0 Å². The lowest BCUT2D eigenvalue weighted by atomic mass is 10.1. The molecule has 0 saturated carbocycles. The molecule has 0 aliphatic carbocycles. The van der Waals surface area contributed by atoms with Crippen LogP contribution >= 0.6 is 0 Å². The molecule has 1 saturated heterocycles. The number of rotatable bonds is 3. The van der Waals surface area contributed by atoms with Gasteiger partial charge in [-0.15, -0.1) is 0 Å². The Morgan fingerprint density at radius 1 is 1.20 bits per heavy atom. The maximum Gasteiger partial charge on any atom is 0.0368 e. The molecule has 1 heterocycles. The van der Waals surface area contributed by atoms with Gasteiger partial charge in [0.15, 0.2) is 0 Å². The largest absolute Gasteiger partial charge is 0.369 e. The molecule has 0 aromatic heterocycles. The van der Waals surface area contributed by atoms with E-state index in [4.69, 9.17) is 0 Å². The van der Waals surface area contributed by atoms with Crippen LogP contribution in [0, 0.1) is 0 Å². The minimum atomic E-state index is 0.775. The molecule has 1 aromatic rings. The average Bonchev–Trinajstić information content (AvgIpc) is 2.77. The zero-order chi connectivity index (χ0) is 10.7. The molecule has 0 bridgehead atoms. The maximum absolute atomic E-state index is 2.57. The van der Waals surface area contributed by atoms with Crippen LogP contribution in [0.15, 0.2) is 24.3 Å².